The zero-order chi connectivity index (χ0) is 16.8. The second kappa shape index (κ2) is 8.02. The minimum atomic E-state index is -0.215. The molecule has 0 saturated carbocycles. The monoisotopic (exact) mass is 331 g/mol. The lowest BCUT2D eigenvalue weighted by molar-refractivity contribution is 0.102. The molecule has 3 nitrogen and oxygen atoms in total. The van der Waals surface area contributed by atoms with Gasteiger partial charge in [-0.2, -0.15) is 0 Å². The Kier molecular flexibility index (Phi) is 6.05. The molecule has 1 amide bonds. The highest BCUT2D eigenvalue weighted by Gasteiger charge is 2.14. The molecule has 122 valence electrons. The molecule has 0 saturated heterocycles. The number of hydrogen-bond acceptors (Lipinski definition) is 2. The number of rotatable bonds is 6. The smallest absolute Gasteiger partial charge is 0.259 e. The van der Waals surface area contributed by atoms with Crippen molar-refractivity contribution in [1.82, 2.24) is 0 Å². The van der Waals surface area contributed by atoms with Crippen molar-refractivity contribution < 1.29 is 9.53 Å². The van der Waals surface area contributed by atoms with E-state index in [0.717, 1.165) is 29.7 Å². The van der Waals surface area contributed by atoms with E-state index in [-0.39, 0.29) is 5.91 Å². The molecule has 2 rings (SSSR count). The van der Waals surface area contributed by atoms with Gasteiger partial charge in [0.1, 0.15) is 5.75 Å². The van der Waals surface area contributed by atoms with Gasteiger partial charge in [-0.15, -0.1) is 0 Å². The van der Waals surface area contributed by atoms with Gasteiger partial charge >= 0.3 is 0 Å². The molecule has 0 aliphatic heterocycles. The van der Waals surface area contributed by atoms with E-state index < -0.39 is 0 Å². The maximum absolute atomic E-state index is 12.6. The van der Waals surface area contributed by atoms with Gasteiger partial charge in [0.15, 0.2) is 0 Å². The van der Waals surface area contributed by atoms with Gasteiger partial charge in [-0.1, -0.05) is 37.1 Å². The van der Waals surface area contributed by atoms with Gasteiger partial charge in [-0.05, 0) is 55.7 Å². The van der Waals surface area contributed by atoms with Crippen LogP contribution in [0.2, 0.25) is 5.02 Å². The molecule has 0 aliphatic rings. The Morgan fingerprint density at radius 1 is 1.17 bits per heavy atom. The molecule has 0 fully saturated rings. The summed E-state index contributed by atoms with van der Waals surface area (Å²) in [6, 6.07) is 11.1. The van der Waals surface area contributed by atoms with Crippen LogP contribution in [0.1, 0.15) is 41.3 Å². The quantitative estimate of drug-likeness (QED) is 0.721. The first-order valence-electron chi connectivity index (χ1n) is 7.82. The number of benzene rings is 2. The van der Waals surface area contributed by atoms with Gasteiger partial charge in [-0.3, -0.25) is 4.79 Å². The highest BCUT2D eigenvalue weighted by Crippen LogP contribution is 2.25. The fourth-order valence-corrected chi connectivity index (χ4v) is 2.36. The van der Waals surface area contributed by atoms with E-state index in [9.17, 15) is 4.79 Å². The lowest BCUT2D eigenvalue weighted by Gasteiger charge is -2.13. The summed E-state index contributed by atoms with van der Waals surface area (Å²) < 4.78 is 5.73. The van der Waals surface area contributed by atoms with E-state index in [0.29, 0.717) is 22.9 Å². The largest absolute Gasteiger partial charge is 0.493 e. The van der Waals surface area contributed by atoms with Crippen LogP contribution in [0.5, 0.6) is 5.75 Å². The van der Waals surface area contributed by atoms with E-state index >= 15 is 0 Å². The average molecular weight is 332 g/mol. The van der Waals surface area contributed by atoms with Gasteiger partial charge < -0.3 is 10.1 Å². The van der Waals surface area contributed by atoms with Crippen LogP contribution in [0, 0.1) is 13.8 Å². The van der Waals surface area contributed by atoms with Crippen LogP contribution < -0.4 is 10.1 Å². The molecule has 0 radical (unpaired) electrons. The zero-order valence-corrected chi connectivity index (χ0v) is 14.5. The summed E-state index contributed by atoms with van der Waals surface area (Å²) in [5, 5.41) is 3.46. The first kappa shape index (κ1) is 17.4. The van der Waals surface area contributed by atoms with Crippen molar-refractivity contribution in [3.63, 3.8) is 0 Å². The predicted molar refractivity (Wildman–Crippen MR) is 95.7 cm³/mol. The van der Waals surface area contributed by atoms with Crippen molar-refractivity contribution in [2.24, 2.45) is 0 Å². The molecule has 0 spiro atoms. The second-order valence-corrected chi connectivity index (χ2v) is 6.05. The van der Waals surface area contributed by atoms with Crippen molar-refractivity contribution in [1.29, 1.82) is 0 Å². The number of nitrogens with one attached hydrogen (secondary N) is 1. The molecule has 0 unspecified atom stereocenters. The third-order valence-corrected chi connectivity index (χ3v) is 3.82. The molecule has 23 heavy (non-hydrogen) atoms. The van der Waals surface area contributed by atoms with Crippen molar-refractivity contribution in [2.75, 3.05) is 11.9 Å². The fraction of sp³-hybridized carbons (Fsp3) is 0.316. The fourth-order valence-electron chi connectivity index (χ4n) is 2.19. The molecular weight excluding hydrogens is 310 g/mol. The molecule has 2 aromatic rings. The minimum Gasteiger partial charge on any atom is -0.493 e. The number of hydrogen-bond donors (Lipinski definition) is 1. The van der Waals surface area contributed by atoms with E-state index in [1.165, 1.54) is 0 Å². The van der Waals surface area contributed by atoms with Crippen LogP contribution in [0.4, 0.5) is 5.69 Å². The lowest BCUT2D eigenvalue weighted by Crippen LogP contribution is -2.15. The highest BCUT2D eigenvalue weighted by atomic mass is 35.5. The van der Waals surface area contributed by atoms with Gasteiger partial charge in [0, 0.05) is 10.7 Å². The summed E-state index contributed by atoms with van der Waals surface area (Å²) >= 11 is 6.05. The summed E-state index contributed by atoms with van der Waals surface area (Å²) in [5.74, 6) is 0.346. The van der Waals surface area contributed by atoms with Crippen molar-refractivity contribution in [3.05, 3.63) is 58.1 Å². The average Bonchev–Trinajstić information content (AvgIpc) is 2.52. The van der Waals surface area contributed by atoms with Crippen molar-refractivity contribution in [2.45, 2.75) is 33.6 Å². The van der Waals surface area contributed by atoms with Gasteiger partial charge in [0.05, 0.1) is 12.2 Å². The number of unbranched alkanes of at least 4 members (excludes halogenated alkanes) is 1. The Balaban J connectivity index is 2.23. The number of ether oxygens (including phenoxy) is 1. The van der Waals surface area contributed by atoms with Crippen LogP contribution in [-0.2, 0) is 0 Å². The van der Waals surface area contributed by atoms with E-state index in [4.69, 9.17) is 16.3 Å². The Morgan fingerprint density at radius 3 is 2.70 bits per heavy atom. The molecule has 0 aliphatic carbocycles. The predicted octanol–water partition coefficient (Wildman–Crippen LogP) is 5.39. The maximum Gasteiger partial charge on any atom is 0.259 e. The van der Waals surface area contributed by atoms with E-state index in [2.05, 4.69) is 12.2 Å². The summed E-state index contributed by atoms with van der Waals surface area (Å²) in [6.45, 7) is 6.64. The Morgan fingerprint density at radius 2 is 1.96 bits per heavy atom. The number of halogens is 1. The first-order chi connectivity index (χ1) is 11.0. The molecule has 0 atom stereocenters. The van der Waals surface area contributed by atoms with Crippen LogP contribution in [0.25, 0.3) is 0 Å². The normalized spacial score (nSPS) is 10.4. The van der Waals surface area contributed by atoms with Crippen LogP contribution in [0.3, 0.4) is 0 Å². The molecule has 0 heterocycles. The van der Waals surface area contributed by atoms with Gasteiger partial charge in [0.2, 0.25) is 0 Å². The highest BCUT2D eigenvalue weighted by molar-refractivity contribution is 6.31. The van der Waals surface area contributed by atoms with Crippen molar-refractivity contribution in [3.8, 4) is 5.75 Å². The summed E-state index contributed by atoms with van der Waals surface area (Å²) in [6.07, 6.45) is 1.98. The second-order valence-electron chi connectivity index (χ2n) is 5.61. The molecule has 1 N–H and O–H groups in total. The van der Waals surface area contributed by atoms with E-state index in [1.807, 2.05) is 32.0 Å². The van der Waals surface area contributed by atoms with Crippen LogP contribution in [-0.4, -0.2) is 12.5 Å². The third-order valence-electron chi connectivity index (χ3n) is 3.58. The van der Waals surface area contributed by atoms with E-state index in [1.54, 1.807) is 18.2 Å². The molecular formula is C19H22ClNO2. The Hall–Kier alpha value is -2.00. The first-order valence-corrected chi connectivity index (χ1v) is 8.20. The van der Waals surface area contributed by atoms with Crippen molar-refractivity contribution >= 4 is 23.2 Å². The number of carbonyl (C=O) groups excluding carboxylic acids is 1. The Bertz CT molecular complexity index is 698. The van der Waals surface area contributed by atoms with Gasteiger partial charge in [-0.25, -0.2) is 0 Å². The Labute approximate surface area is 142 Å². The van der Waals surface area contributed by atoms with Crippen LogP contribution >= 0.6 is 11.6 Å². The maximum atomic E-state index is 12.6. The molecule has 4 heteroatoms. The molecule has 2 aromatic carbocycles. The number of carbonyl (C=O) groups is 1. The number of aryl methyl sites for hydroxylation is 2. The molecule has 0 aromatic heterocycles. The number of amides is 1. The number of anilines is 1. The standard InChI is InChI=1S/C19H22ClNO2/c1-4-5-10-23-18-9-8-15(20)12-16(18)19(22)21-17-11-13(2)6-7-14(17)3/h6-9,11-12H,4-5,10H2,1-3H3,(H,21,22). The summed E-state index contributed by atoms with van der Waals surface area (Å²) in [7, 11) is 0. The minimum absolute atomic E-state index is 0.215. The van der Waals surface area contributed by atoms with Crippen LogP contribution in [0.15, 0.2) is 36.4 Å². The zero-order valence-electron chi connectivity index (χ0n) is 13.8. The molecule has 0 bridgehead atoms. The van der Waals surface area contributed by atoms with Gasteiger partial charge in [0.25, 0.3) is 5.91 Å². The SMILES string of the molecule is CCCCOc1ccc(Cl)cc1C(=O)Nc1cc(C)ccc1C. The lowest BCUT2D eigenvalue weighted by atomic mass is 10.1. The topological polar surface area (TPSA) is 38.3 Å². The summed E-state index contributed by atoms with van der Waals surface area (Å²) in [4.78, 5) is 12.6. The summed E-state index contributed by atoms with van der Waals surface area (Å²) in [5.41, 5.74) is 3.36. The third kappa shape index (κ3) is 4.73.